The Hall–Kier alpha value is -3.64. The molecule has 0 unspecified atom stereocenters. The second-order valence-electron chi connectivity index (χ2n) is 10.5. The third-order valence-electron chi connectivity index (χ3n) is 7.11. The normalized spacial score (nSPS) is 15.1. The van der Waals surface area contributed by atoms with E-state index in [4.69, 9.17) is 4.99 Å². The lowest BCUT2D eigenvalue weighted by Gasteiger charge is -2.32. The molecule has 0 spiro atoms. The van der Waals surface area contributed by atoms with Crippen molar-refractivity contribution in [3.05, 3.63) is 88.6 Å². The van der Waals surface area contributed by atoms with Gasteiger partial charge in [0.25, 0.3) is 0 Å². The van der Waals surface area contributed by atoms with Crippen molar-refractivity contribution >= 4 is 28.5 Å². The zero-order valence-corrected chi connectivity index (χ0v) is 23.7. The first-order valence-corrected chi connectivity index (χ1v) is 13.5. The van der Waals surface area contributed by atoms with Gasteiger partial charge in [0.05, 0.1) is 18.6 Å². The van der Waals surface area contributed by atoms with E-state index in [1.807, 2.05) is 42.1 Å². The van der Waals surface area contributed by atoms with E-state index in [1.165, 1.54) is 27.7 Å². The topological polar surface area (TPSA) is 52.9 Å². The summed E-state index contributed by atoms with van der Waals surface area (Å²) in [6.07, 6.45) is 3.95. The maximum Gasteiger partial charge on any atom is 0.237 e. The van der Waals surface area contributed by atoms with E-state index in [0.717, 1.165) is 42.2 Å². The van der Waals surface area contributed by atoms with Crippen molar-refractivity contribution in [3.8, 4) is 0 Å². The number of fused-ring (bicyclic) bond motifs is 1. The van der Waals surface area contributed by atoms with Crippen molar-refractivity contribution in [2.45, 2.75) is 47.1 Å². The average molecular weight is 512 g/mol. The summed E-state index contributed by atoms with van der Waals surface area (Å²) in [5.41, 5.74) is 7.14. The highest BCUT2D eigenvalue weighted by molar-refractivity contribution is 6.04. The largest absolute Gasteiger partial charge is 0.337 e. The summed E-state index contributed by atoms with van der Waals surface area (Å²) in [5.74, 6) is 1.98. The fourth-order valence-corrected chi connectivity index (χ4v) is 5.03. The Morgan fingerprint density at radius 2 is 1.84 bits per heavy atom. The smallest absolute Gasteiger partial charge is 0.237 e. The molecular formula is C32H41N5O. The van der Waals surface area contributed by atoms with Gasteiger partial charge in [-0.05, 0) is 77.0 Å². The first-order chi connectivity index (χ1) is 18.3. The van der Waals surface area contributed by atoms with Crippen molar-refractivity contribution < 1.29 is 4.79 Å². The number of benzene rings is 2. The summed E-state index contributed by atoms with van der Waals surface area (Å²) in [5, 5.41) is 5.00. The minimum Gasteiger partial charge on any atom is -0.337 e. The van der Waals surface area contributed by atoms with Crippen LogP contribution in [0.1, 0.15) is 43.5 Å². The number of nitrogens with zero attached hydrogens (tertiary/aromatic N) is 4. The summed E-state index contributed by atoms with van der Waals surface area (Å²) >= 11 is 0. The summed E-state index contributed by atoms with van der Waals surface area (Å²) in [6, 6.07) is 19.0. The van der Waals surface area contributed by atoms with Crippen LogP contribution in [0.25, 0.3) is 16.7 Å². The van der Waals surface area contributed by atoms with Crippen LogP contribution in [0.15, 0.2) is 76.8 Å². The van der Waals surface area contributed by atoms with E-state index in [-0.39, 0.29) is 5.91 Å². The number of allylic oxidation sites excluding steroid dienone is 1. The van der Waals surface area contributed by atoms with Crippen molar-refractivity contribution in [2.75, 3.05) is 33.7 Å². The Kier molecular flexibility index (Phi) is 8.85. The molecule has 1 aliphatic heterocycles. The molecule has 4 rings (SSSR count). The van der Waals surface area contributed by atoms with Gasteiger partial charge >= 0.3 is 0 Å². The van der Waals surface area contributed by atoms with Crippen molar-refractivity contribution in [1.29, 1.82) is 0 Å². The molecule has 2 aromatic carbocycles. The third kappa shape index (κ3) is 6.25. The summed E-state index contributed by atoms with van der Waals surface area (Å²) in [7, 11) is 3.87. The minimum atomic E-state index is 0.148. The van der Waals surface area contributed by atoms with Gasteiger partial charge in [0, 0.05) is 29.7 Å². The molecule has 0 radical (unpaired) electrons. The molecule has 38 heavy (non-hydrogen) atoms. The van der Waals surface area contributed by atoms with Crippen LogP contribution < -0.4 is 5.32 Å². The van der Waals surface area contributed by atoms with Gasteiger partial charge in [0.15, 0.2) is 0 Å². The lowest BCUT2D eigenvalue weighted by atomic mass is 10.00. The van der Waals surface area contributed by atoms with E-state index in [1.54, 1.807) is 0 Å². The van der Waals surface area contributed by atoms with Crippen molar-refractivity contribution in [2.24, 2.45) is 4.99 Å². The molecule has 0 aliphatic carbocycles. The second-order valence-corrected chi connectivity index (χ2v) is 10.5. The number of hydrogen-bond donors (Lipinski definition) is 1. The molecule has 200 valence electrons. The van der Waals surface area contributed by atoms with Gasteiger partial charge in [0.1, 0.15) is 11.7 Å². The van der Waals surface area contributed by atoms with Gasteiger partial charge < -0.3 is 19.7 Å². The molecule has 1 aromatic heterocycles. The Labute approximate surface area is 227 Å². The van der Waals surface area contributed by atoms with Crippen molar-refractivity contribution in [3.63, 3.8) is 0 Å². The van der Waals surface area contributed by atoms with Crippen LogP contribution in [0.5, 0.6) is 0 Å². The number of aliphatic imine (C=N–C) groups is 1. The van der Waals surface area contributed by atoms with E-state index in [0.29, 0.717) is 19.6 Å². The Bertz CT molecular complexity index is 1380. The maximum absolute atomic E-state index is 13.0. The number of likely N-dealkylation sites (N-methyl/N-ethyl adjacent to an activating group) is 1. The quantitative estimate of drug-likeness (QED) is 0.309. The molecule has 0 fully saturated rings. The molecule has 0 atom stereocenters. The standard InChI is InChI=1S/C32H41N5O/c1-7-12-30(37-25(4)19-27-23(2)13-11-16-29(27)37)34-32(33-20-26-14-9-8-10-15-26)28-21-36(18-17-24(28)3)31(38)22-35(5)6/h8-16,19H,7,17-18,20-22H2,1-6H3,(H,33,34)/b30-12-. The summed E-state index contributed by atoms with van der Waals surface area (Å²) < 4.78 is 2.29. The number of aryl methyl sites for hydroxylation is 2. The van der Waals surface area contributed by atoms with Gasteiger partial charge in [-0.2, -0.15) is 0 Å². The lowest BCUT2D eigenvalue weighted by Crippen LogP contribution is -2.44. The minimum absolute atomic E-state index is 0.148. The predicted molar refractivity (Wildman–Crippen MR) is 159 cm³/mol. The van der Waals surface area contributed by atoms with Gasteiger partial charge in [-0.3, -0.25) is 9.79 Å². The van der Waals surface area contributed by atoms with Gasteiger partial charge in [-0.25, -0.2) is 0 Å². The van der Waals surface area contributed by atoms with Crippen LogP contribution in [0.4, 0.5) is 0 Å². The molecule has 6 nitrogen and oxygen atoms in total. The maximum atomic E-state index is 13.0. The van der Waals surface area contributed by atoms with Crippen LogP contribution in [0.3, 0.4) is 0 Å². The van der Waals surface area contributed by atoms with Gasteiger partial charge in [0.2, 0.25) is 5.91 Å². The van der Waals surface area contributed by atoms with Crippen LogP contribution in [-0.2, 0) is 11.3 Å². The van der Waals surface area contributed by atoms with E-state index in [9.17, 15) is 4.79 Å². The first kappa shape index (κ1) is 27.4. The molecule has 0 saturated heterocycles. The molecule has 6 heteroatoms. The molecule has 0 saturated carbocycles. The third-order valence-corrected chi connectivity index (χ3v) is 7.11. The van der Waals surface area contributed by atoms with E-state index in [2.05, 4.69) is 80.1 Å². The molecular weight excluding hydrogens is 470 g/mol. The molecule has 1 amide bonds. The number of aromatic nitrogens is 1. The highest BCUT2D eigenvalue weighted by Crippen LogP contribution is 2.27. The number of rotatable bonds is 8. The first-order valence-electron chi connectivity index (χ1n) is 13.5. The molecule has 1 aliphatic rings. The highest BCUT2D eigenvalue weighted by Gasteiger charge is 2.25. The van der Waals surface area contributed by atoms with Crippen molar-refractivity contribution in [1.82, 2.24) is 19.7 Å². The lowest BCUT2D eigenvalue weighted by molar-refractivity contribution is -0.131. The zero-order valence-electron chi connectivity index (χ0n) is 23.7. The Morgan fingerprint density at radius 1 is 1.08 bits per heavy atom. The van der Waals surface area contributed by atoms with Gasteiger partial charge in [-0.15, -0.1) is 0 Å². The molecule has 2 heterocycles. The second kappa shape index (κ2) is 12.3. The monoisotopic (exact) mass is 511 g/mol. The number of carbonyl (C=O) groups is 1. The molecule has 3 aromatic rings. The van der Waals surface area contributed by atoms with Crippen LogP contribution in [0.2, 0.25) is 0 Å². The fourth-order valence-electron chi connectivity index (χ4n) is 5.03. The zero-order chi connectivity index (χ0) is 27.2. The highest BCUT2D eigenvalue weighted by atomic mass is 16.2. The Morgan fingerprint density at radius 3 is 2.55 bits per heavy atom. The summed E-state index contributed by atoms with van der Waals surface area (Å²) in [4.78, 5) is 22.0. The van der Waals surface area contributed by atoms with Crippen LogP contribution >= 0.6 is 0 Å². The molecule has 0 bridgehead atoms. The van der Waals surface area contributed by atoms with E-state index < -0.39 is 0 Å². The average Bonchev–Trinajstić information content (AvgIpc) is 3.23. The molecule has 1 N–H and O–H groups in total. The number of carbonyl (C=O) groups excluding carboxylic acids is 1. The van der Waals surface area contributed by atoms with Gasteiger partial charge in [-0.1, -0.05) is 55.0 Å². The number of amides is 1. The number of nitrogens with one attached hydrogen (secondary N) is 1. The summed E-state index contributed by atoms with van der Waals surface area (Å²) in [6.45, 7) is 10.9. The number of hydrogen-bond acceptors (Lipinski definition) is 3. The van der Waals surface area contributed by atoms with Crippen LogP contribution in [-0.4, -0.2) is 59.8 Å². The number of amidine groups is 1. The fraction of sp³-hybridized carbons (Fsp3) is 0.375. The SMILES string of the molecule is CC/C=C(/NC(=NCc1ccccc1)C1=C(C)CCN(C(=O)CN(C)C)C1)n1c(C)cc2c(C)cccc21. The van der Waals surface area contributed by atoms with Crippen LogP contribution in [0, 0.1) is 13.8 Å². The Balaban J connectivity index is 1.75. The van der Waals surface area contributed by atoms with E-state index >= 15 is 0 Å². The predicted octanol–water partition coefficient (Wildman–Crippen LogP) is 5.77.